The van der Waals surface area contributed by atoms with E-state index >= 15 is 0 Å². The molecule has 4 nitrogen and oxygen atoms in total. The second-order valence-electron chi connectivity index (χ2n) is 6.56. The number of hydrogen-bond donors (Lipinski definition) is 0. The normalized spacial score (nSPS) is 11.2. The zero-order chi connectivity index (χ0) is 18.4. The molecule has 4 rings (SSSR count). The Morgan fingerprint density at radius 2 is 1.69 bits per heavy atom. The van der Waals surface area contributed by atoms with Gasteiger partial charge in [-0.2, -0.15) is 0 Å². The van der Waals surface area contributed by atoms with Gasteiger partial charge in [-0.15, -0.1) is 0 Å². The molecule has 128 valence electrons. The van der Waals surface area contributed by atoms with Gasteiger partial charge in [0.15, 0.2) is 5.78 Å². The van der Waals surface area contributed by atoms with E-state index in [0.717, 1.165) is 11.1 Å². The van der Waals surface area contributed by atoms with Gasteiger partial charge in [0.25, 0.3) is 0 Å². The molecule has 0 spiro atoms. The number of aryl methyl sites for hydroxylation is 3. The number of ketones is 1. The quantitative estimate of drug-likeness (QED) is 0.397. The van der Waals surface area contributed by atoms with Gasteiger partial charge in [0.05, 0.1) is 16.5 Å². The summed E-state index contributed by atoms with van der Waals surface area (Å²) in [6.45, 7) is 5.60. The molecule has 4 aromatic rings. The van der Waals surface area contributed by atoms with Gasteiger partial charge < -0.3 is 4.42 Å². The van der Waals surface area contributed by atoms with Crippen molar-refractivity contribution in [3.8, 4) is 0 Å². The van der Waals surface area contributed by atoms with Crippen molar-refractivity contribution in [3.63, 3.8) is 0 Å². The average molecular weight is 343 g/mol. The SMILES string of the molecule is Cc1cc(C)c2oc3nc(C)c(C(=O)c4ccccc4)cc3c(=O)c2c1. The highest BCUT2D eigenvalue weighted by molar-refractivity contribution is 6.11. The van der Waals surface area contributed by atoms with E-state index in [-0.39, 0.29) is 16.9 Å². The number of pyridine rings is 1. The third-order valence-electron chi connectivity index (χ3n) is 4.57. The van der Waals surface area contributed by atoms with Crippen LogP contribution >= 0.6 is 0 Å². The zero-order valence-electron chi connectivity index (χ0n) is 14.8. The second kappa shape index (κ2) is 5.92. The van der Waals surface area contributed by atoms with E-state index in [2.05, 4.69) is 4.98 Å². The first kappa shape index (κ1) is 16.2. The van der Waals surface area contributed by atoms with E-state index in [4.69, 9.17) is 4.42 Å². The topological polar surface area (TPSA) is 60.2 Å². The fraction of sp³-hybridized carbons (Fsp3) is 0.136. The minimum Gasteiger partial charge on any atom is -0.437 e. The molecule has 2 heterocycles. The highest BCUT2D eigenvalue weighted by atomic mass is 16.3. The summed E-state index contributed by atoms with van der Waals surface area (Å²) in [5.74, 6) is -0.155. The molecule has 2 aromatic heterocycles. The van der Waals surface area contributed by atoms with Gasteiger partial charge in [-0.25, -0.2) is 4.98 Å². The third kappa shape index (κ3) is 2.51. The molecule has 0 unspecified atom stereocenters. The lowest BCUT2D eigenvalue weighted by Crippen LogP contribution is -2.10. The van der Waals surface area contributed by atoms with E-state index < -0.39 is 0 Å². The molecule has 26 heavy (non-hydrogen) atoms. The largest absolute Gasteiger partial charge is 0.437 e. The molecule has 4 heteroatoms. The molecule has 0 aliphatic rings. The van der Waals surface area contributed by atoms with Crippen LogP contribution in [0.4, 0.5) is 0 Å². The minimum absolute atomic E-state index is 0.155. The molecule has 2 aromatic carbocycles. The predicted octanol–water partition coefficient (Wildman–Crippen LogP) is 4.50. The van der Waals surface area contributed by atoms with E-state index in [1.807, 2.05) is 44.2 Å². The second-order valence-corrected chi connectivity index (χ2v) is 6.56. The van der Waals surface area contributed by atoms with Gasteiger partial charge >= 0.3 is 0 Å². The van der Waals surface area contributed by atoms with Crippen molar-refractivity contribution in [3.05, 3.63) is 86.7 Å². The summed E-state index contributed by atoms with van der Waals surface area (Å²) in [4.78, 5) is 30.2. The van der Waals surface area contributed by atoms with Crippen LogP contribution < -0.4 is 5.43 Å². The van der Waals surface area contributed by atoms with E-state index in [1.54, 1.807) is 25.1 Å². The first-order chi connectivity index (χ1) is 12.5. The maximum Gasteiger partial charge on any atom is 0.230 e. The molecule has 0 N–H and O–H groups in total. The van der Waals surface area contributed by atoms with Crippen LogP contribution in [0.15, 0.2) is 57.7 Å². The van der Waals surface area contributed by atoms with E-state index in [1.165, 1.54) is 0 Å². The zero-order valence-corrected chi connectivity index (χ0v) is 14.8. The van der Waals surface area contributed by atoms with Crippen LogP contribution in [-0.4, -0.2) is 10.8 Å². The highest BCUT2D eigenvalue weighted by Gasteiger charge is 2.18. The van der Waals surface area contributed by atoms with Crippen molar-refractivity contribution in [1.29, 1.82) is 0 Å². The smallest absolute Gasteiger partial charge is 0.230 e. The lowest BCUT2D eigenvalue weighted by molar-refractivity contribution is 0.103. The Morgan fingerprint density at radius 1 is 0.962 bits per heavy atom. The van der Waals surface area contributed by atoms with E-state index in [9.17, 15) is 9.59 Å². The van der Waals surface area contributed by atoms with E-state index in [0.29, 0.717) is 33.2 Å². The van der Waals surface area contributed by atoms with Gasteiger partial charge in [-0.1, -0.05) is 36.4 Å². The third-order valence-corrected chi connectivity index (χ3v) is 4.57. The van der Waals surface area contributed by atoms with Gasteiger partial charge in [0.2, 0.25) is 11.1 Å². The molecule has 0 saturated heterocycles. The molecular weight excluding hydrogens is 326 g/mol. The summed E-state index contributed by atoms with van der Waals surface area (Å²) < 4.78 is 5.91. The Hall–Kier alpha value is -3.27. The van der Waals surface area contributed by atoms with Gasteiger partial charge in [0, 0.05) is 11.1 Å². The number of rotatable bonds is 2. The van der Waals surface area contributed by atoms with Gasteiger partial charge in [-0.05, 0) is 44.0 Å². The average Bonchev–Trinajstić information content (AvgIpc) is 2.63. The molecular formula is C22H17NO3. The fourth-order valence-corrected chi connectivity index (χ4v) is 3.30. The van der Waals surface area contributed by atoms with Crippen LogP contribution in [0.5, 0.6) is 0 Å². The van der Waals surface area contributed by atoms with Gasteiger partial charge in [0.1, 0.15) is 5.58 Å². The van der Waals surface area contributed by atoms with Gasteiger partial charge in [-0.3, -0.25) is 9.59 Å². The number of nitrogens with zero attached hydrogens (tertiary/aromatic N) is 1. The summed E-state index contributed by atoms with van der Waals surface area (Å²) in [5.41, 5.74) is 4.04. The Labute approximate surface area is 150 Å². The van der Waals surface area contributed by atoms with Crippen LogP contribution in [0.3, 0.4) is 0 Å². The summed E-state index contributed by atoms with van der Waals surface area (Å²) in [5, 5.41) is 0.839. The first-order valence-corrected chi connectivity index (χ1v) is 8.41. The van der Waals surface area contributed by atoms with Crippen LogP contribution in [0.2, 0.25) is 0 Å². The molecule has 0 fully saturated rings. The summed E-state index contributed by atoms with van der Waals surface area (Å²) in [6, 6.07) is 14.4. The summed E-state index contributed by atoms with van der Waals surface area (Å²) in [6.07, 6.45) is 0. The van der Waals surface area contributed by atoms with Crippen molar-refractivity contribution < 1.29 is 9.21 Å². The number of carbonyl (C=O) groups excluding carboxylic acids is 1. The number of benzene rings is 2. The fourth-order valence-electron chi connectivity index (χ4n) is 3.30. The summed E-state index contributed by atoms with van der Waals surface area (Å²) >= 11 is 0. The van der Waals surface area contributed by atoms with Crippen molar-refractivity contribution in [2.24, 2.45) is 0 Å². The van der Waals surface area contributed by atoms with Crippen LogP contribution in [0.25, 0.3) is 22.1 Å². The lowest BCUT2D eigenvalue weighted by atomic mass is 10.0. The number of hydrogen-bond acceptors (Lipinski definition) is 4. The number of carbonyl (C=O) groups is 1. The van der Waals surface area contributed by atoms with Crippen molar-refractivity contribution in [2.45, 2.75) is 20.8 Å². The first-order valence-electron chi connectivity index (χ1n) is 8.41. The maximum absolute atomic E-state index is 13.0. The lowest BCUT2D eigenvalue weighted by Gasteiger charge is -2.08. The molecule has 0 saturated carbocycles. The number of aromatic nitrogens is 1. The highest BCUT2D eigenvalue weighted by Crippen LogP contribution is 2.24. The monoisotopic (exact) mass is 343 g/mol. The van der Waals surface area contributed by atoms with Crippen molar-refractivity contribution >= 4 is 27.9 Å². The molecule has 0 radical (unpaired) electrons. The number of fused-ring (bicyclic) bond motifs is 2. The maximum atomic E-state index is 13.0. The Balaban J connectivity index is 2.02. The van der Waals surface area contributed by atoms with Crippen LogP contribution in [-0.2, 0) is 0 Å². The Bertz CT molecular complexity index is 1240. The van der Waals surface area contributed by atoms with Crippen LogP contribution in [0.1, 0.15) is 32.7 Å². The summed E-state index contributed by atoms with van der Waals surface area (Å²) in [7, 11) is 0. The molecule has 0 aliphatic heterocycles. The Morgan fingerprint density at radius 3 is 2.42 bits per heavy atom. The van der Waals surface area contributed by atoms with Crippen molar-refractivity contribution in [1.82, 2.24) is 4.98 Å². The standard InChI is InChI=1S/C22H17NO3/c1-12-9-13(2)21-17(10-12)20(25)18-11-16(14(3)23-22(18)26-21)19(24)15-7-5-4-6-8-15/h4-11H,1-3H3. The van der Waals surface area contributed by atoms with Crippen molar-refractivity contribution in [2.75, 3.05) is 0 Å². The molecule has 0 bridgehead atoms. The Kier molecular flexibility index (Phi) is 3.69. The predicted molar refractivity (Wildman–Crippen MR) is 102 cm³/mol. The van der Waals surface area contributed by atoms with Crippen LogP contribution in [0, 0.1) is 20.8 Å². The molecule has 0 atom stereocenters. The molecule has 0 amide bonds. The molecule has 0 aliphatic carbocycles. The minimum atomic E-state index is -0.164.